The molecule has 17 heavy (non-hydrogen) atoms. The molecule has 0 saturated carbocycles. The molecule has 1 saturated heterocycles. The van der Waals surface area contributed by atoms with Gasteiger partial charge in [-0.2, -0.15) is 0 Å². The molecule has 0 bridgehead atoms. The molecule has 1 fully saturated rings. The van der Waals surface area contributed by atoms with E-state index in [1.807, 2.05) is 6.92 Å². The summed E-state index contributed by atoms with van der Waals surface area (Å²) in [4.78, 5) is 15.5. The predicted molar refractivity (Wildman–Crippen MR) is 69.0 cm³/mol. The van der Waals surface area contributed by atoms with Gasteiger partial charge in [0.15, 0.2) is 0 Å². The molecule has 94 valence electrons. The first-order valence-electron chi connectivity index (χ1n) is 6.24. The van der Waals surface area contributed by atoms with Gasteiger partial charge in [0.2, 0.25) is 0 Å². The molecule has 4 heteroatoms. The molecule has 0 N–H and O–H groups in total. The van der Waals surface area contributed by atoms with E-state index in [2.05, 4.69) is 22.4 Å². The minimum Gasteiger partial charge on any atom is -0.465 e. The van der Waals surface area contributed by atoms with Crippen LogP contribution >= 0.6 is 11.3 Å². The number of ether oxygens (including phenoxy) is 1. The first-order valence-corrected chi connectivity index (χ1v) is 7.12. The molecule has 0 aliphatic carbocycles. The van der Waals surface area contributed by atoms with Crippen LogP contribution in [0.5, 0.6) is 0 Å². The lowest BCUT2D eigenvalue weighted by Gasteiger charge is -2.33. The average Bonchev–Trinajstić information content (AvgIpc) is 2.83. The number of thiophene rings is 1. The summed E-state index contributed by atoms with van der Waals surface area (Å²) in [5.74, 6) is -0.0521. The predicted octanol–water partition coefficient (Wildman–Crippen LogP) is 2.67. The smallest absolute Gasteiger partial charge is 0.323 e. The maximum Gasteiger partial charge on any atom is 0.323 e. The van der Waals surface area contributed by atoms with E-state index in [0.29, 0.717) is 6.61 Å². The zero-order valence-corrected chi connectivity index (χ0v) is 11.0. The van der Waals surface area contributed by atoms with Gasteiger partial charge < -0.3 is 4.74 Å². The summed E-state index contributed by atoms with van der Waals surface area (Å²) in [5, 5.41) is 2.08. The van der Waals surface area contributed by atoms with Gasteiger partial charge in [-0.25, -0.2) is 0 Å². The average molecular weight is 253 g/mol. The molecule has 1 unspecified atom stereocenters. The van der Waals surface area contributed by atoms with Gasteiger partial charge in [-0.05, 0) is 37.8 Å². The van der Waals surface area contributed by atoms with Crippen LogP contribution in [-0.4, -0.2) is 30.1 Å². The molecule has 1 atom stereocenters. The highest BCUT2D eigenvalue weighted by Gasteiger charge is 2.29. The van der Waals surface area contributed by atoms with E-state index in [4.69, 9.17) is 4.74 Å². The number of likely N-dealkylation sites (tertiary alicyclic amines) is 1. The minimum atomic E-state index is -0.0521. The van der Waals surface area contributed by atoms with Gasteiger partial charge in [-0.3, -0.25) is 9.69 Å². The number of hydrogen-bond acceptors (Lipinski definition) is 4. The second-order valence-corrected chi connectivity index (χ2v) is 5.35. The largest absolute Gasteiger partial charge is 0.465 e. The van der Waals surface area contributed by atoms with E-state index < -0.39 is 0 Å². The zero-order valence-electron chi connectivity index (χ0n) is 10.2. The molecule has 0 aromatic carbocycles. The number of nitrogens with zero attached hydrogens (tertiary/aromatic N) is 1. The van der Waals surface area contributed by atoms with Crippen LogP contribution in [0.3, 0.4) is 0 Å². The maximum absolute atomic E-state index is 11.9. The van der Waals surface area contributed by atoms with Crippen LogP contribution in [0.2, 0.25) is 0 Å². The van der Waals surface area contributed by atoms with E-state index in [1.165, 1.54) is 11.3 Å². The van der Waals surface area contributed by atoms with Crippen LogP contribution in [0.25, 0.3) is 0 Å². The van der Waals surface area contributed by atoms with Crippen LogP contribution < -0.4 is 0 Å². The van der Waals surface area contributed by atoms with Gasteiger partial charge in [0.25, 0.3) is 0 Å². The number of hydrogen-bond donors (Lipinski definition) is 0. The standard InChI is InChI=1S/C13H19NO2S/c1-2-16-13(15)12-7-3-4-8-14(12)10-11-6-5-9-17-11/h5-6,9,12H,2-4,7-8,10H2,1H3. The SMILES string of the molecule is CCOC(=O)C1CCCCN1Cc1cccs1. The first kappa shape index (κ1) is 12.6. The van der Waals surface area contributed by atoms with Crippen molar-refractivity contribution in [3.05, 3.63) is 22.4 Å². The highest BCUT2D eigenvalue weighted by molar-refractivity contribution is 7.09. The summed E-state index contributed by atoms with van der Waals surface area (Å²) in [5.41, 5.74) is 0. The van der Waals surface area contributed by atoms with Gasteiger partial charge in [0, 0.05) is 11.4 Å². The summed E-state index contributed by atoms with van der Waals surface area (Å²) in [6.07, 6.45) is 3.25. The third-order valence-electron chi connectivity index (χ3n) is 3.11. The summed E-state index contributed by atoms with van der Waals surface area (Å²) in [7, 11) is 0. The molecule has 3 nitrogen and oxygen atoms in total. The molecule has 2 rings (SSSR count). The van der Waals surface area contributed by atoms with Gasteiger partial charge in [-0.1, -0.05) is 12.5 Å². The highest BCUT2D eigenvalue weighted by atomic mass is 32.1. The van der Waals surface area contributed by atoms with Crippen molar-refractivity contribution in [1.82, 2.24) is 4.90 Å². The fraction of sp³-hybridized carbons (Fsp3) is 0.615. The molecule has 0 spiro atoms. The van der Waals surface area contributed by atoms with E-state index in [-0.39, 0.29) is 12.0 Å². The zero-order chi connectivity index (χ0) is 12.1. The molecule has 0 radical (unpaired) electrons. The number of carbonyl (C=O) groups is 1. The Hall–Kier alpha value is -0.870. The maximum atomic E-state index is 11.9. The molecule has 2 heterocycles. The minimum absolute atomic E-state index is 0.0363. The Balaban J connectivity index is 1.99. The number of carbonyl (C=O) groups excluding carboxylic acids is 1. The van der Waals surface area contributed by atoms with E-state index in [9.17, 15) is 4.79 Å². The molecular formula is C13H19NO2S. The fourth-order valence-electron chi connectivity index (χ4n) is 2.29. The van der Waals surface area contributed by atoms with Crippen LogP contribution in [0, 0.1) is 0 Å². The number of piperidine rings is 1. The Morgan fingerprint density at radius 3 is 3.18 bits per heavy atom. The molecule has 0 amide bonds. The van der Waals surface area contributed by atoms with Gasteiger partial charge in [0.05, 0.1) is 6.61 Å². The topological polar surface area (TPSA) is 29.5 Å². The first-order chi connectivity index (χ1) is 8.31. The van der Waals surface area contributed by atoms with Crippen LogP contribution in [0.15, 0.2) is 17.5 Å². The lowest BCUT2D eigenvalue weighted by Crippen LogP contribution is -2.44. The van der Waals surface area contributed by atoms with Crippen LogP contribution in [-0.2, 0) is 16.1 Å². The van der Waals surface area contributed by atoms with Gasteiger partial charge >= 0.3 is 5.97 Å². The van der Waals surface area contributed by atoms with Crippen molar-refractivity contribution in [2.24, 2.45) is 0 Å². The van der Waals surface area contributed by atoms with E-state index in [1.54, 1.807) is 11.3 Å². The van der Waals surface area contributed by atoms with Gasteiger partial charge in [0.1, 0.15) is 6.04 Å². The third kappa shape index (κ3) is 3.30. The van der Waals surface area contributed by atoms with Crippen molar-refractivity contribution in [1.29, 1.82) is 0 Å². The second-order valence-electron chi connectivity index (χ2n) is 4.31. The van der Waals surface area contributed by atoms with Crippen molar-refractivity contribution < 1.29 is 9.53 Å². The van der Waals surface area contributed by atoms with Crippen molar-refractivity contribution in [3.63, 3.8) is 0 Å². The summed E-state index contributed by atoms with van der Waals surface area (Å²) < 4.78 is 5.15. The van der Waals surface area contributed by atoms with Crippen molar-refractivity contribution >= 4 is 17.3 Å². The Bertz CT molecular complexity index is 350. The molecule has 1 aromatic rings. The quantitative estimate of drug-likeness (QED) is 0.773. The van der Waals surface area contributed by atoms with Crippen LogP contribution in [0.1, 0.15) is 31.1 Å². The van der Waals surface area contributed by atoms with E-state index in [0.717, 1.165) is 25.9 Å². The summed E-state index contributed by atoms with van der Waals surface area (Å²) in [6.45, 7) is 4.22. The normalized spacial score (nSPS) is 21.4. The van der Waals surface area contributed by atoms with Crippen molar-refractivity contribution in [2.45, 2.75) is 38.8 Å². The number of esters is 1. The molecule has 1 aliphatic heterocycles. The fourth-order valence-corrected chi connectivity index (χ4v) is 3.02. The van der Waals surface area contributed by atoms with Crippen LogP contribution in [0.4, 0.5) is 0 Å². The third-order valence-corrected chi connectivity index (χ3v) is 3.97. The lowest BCUT2D eigenvalue weighted by molar-refractivity contribution is -0.151. The second kappa shape index (κ2) is 6.17. The molecule has 1 aromatic heterocycles. The Kier molecular flexibility index (Phi) is 4.57. The van der Waals surface area contributed by atoms with E-state index >= 15 is 0 Å². The molecule has 1 aliphatic rings. The Morgan fingerprint density at radius 2 is 2.47 bits per heavy atom. The van der Waals surface area contributed by atoms with Crippen molar-refractivity contribution in [2.75, 3.05) is 13.2 Å². The number of rotatable bonds is 4. The Morgan fingerprint density at radius 1 is 1.59 bits per heavy atom. The summed E-state index contributed by atoms with van der Waals surface area (Å²) >= 11 is 1.75. The Labute approximate surface area is 106 Å². The lowest BCUT2D eigenvalue weighted by atomic mass is 10.0. The van der Waals surface area contributed by atoms with Gasteiger partial charge in [-0.15, -0.1) is 11.3 Å². The monoisotopic (exact) mass is 253 g/mol. The molecular weight excluding hydrogens is 234 g/mol. The highest BCUT2D eigenvalue weighted by Crippen LogP contribution is 2.22. The summed E-state index contributed by atoms with van der Waals surface area (Å²) in [6, 6.07) is 4.15. The van der Waals surface area contributed by atoms with Crippen molar-refractivity contribution in [3.8, 4) is 0 Å².